The molecular formula is C21H26Cl2N4O. The van der Waals surface area contributed by atoms with E-state index in [2.05, 4.69) is 27.4 Å². The van der Waals surface area contributed by atoms with E-state index >= 15 is 0 Å². The van der Waals surface area contributed by atoms with Crippen molar-refractivity contribution in [2.45, 2.75) is 43.6 Å². The summed E-state index contributed by atoms with van der Waals surface area (Å²) in [5, 5.41) is 8.44. The topological polar surface area (TPSA) is 50.2 Å². The zero-order chi connectivity index (χ0) is 19.7. The normalized spacial score (nSPS) is 20.0. The van der Waals surface area contributed by atoms with E-state index in [1.807, 2.05) is 12.1 Å². The van der Waals surface area contributed by atoms with Gasteiger partial charge in [0.15, 0.2) is 5.69 Å². The number of likely N-dealkylation sites (tertiary alicyclic amines) is 1. The molecular weight excluding hydrogens is 395 g/mol. The molecule has 1 aliphatic carbocycles. The molecule has 1 N–H and O–H groups in total. The number of carbonyl (C=O) groups excluding carboxylic acids is 1. The first kappa shape index (κ1) is 19.7. The molecule has 5 nitrogen and oxygen atoms in total. The third-order valence-electron chi connectivity index (χ3n) is 6.22. The van der Waals surface area contributed by atoms with Gasteiger partial charge in [0.25, 0.3) is 5.91 Å². The van der Waals surface area contributed by atoms with Crippen LogP contribution in [0.1, 0.15) is 48.2 Å². The van der Waals surface area contributed by atoms with E-state index in [9.17, 15) is 4.79 Å². The minimum absolute atomic E-state index is 0.176. The third-order valence-corrected chi connectivity index (χ3v) is 6.74. The summed E-state index contributed by atoms with van der Waals surface area (Å²) in [6.07, 6.45) is 7.32. The Kier molecular flexibility index (Phi) is 5.68. The lowest BCUT2D eigenvalue weighted by Crippen LogP contribution is -2.51. The molecule has 1 saturated heterocycles. The molecule has 7 heteroatoms. The lowest BCUT2D eigenvalue weighted by atomic mass is 9.64. The van der Waals surface area contributed by atoms with Gasteiger partial charge in [-0.2, -0.15) is 5.10 Å². The number of hydrogen-bond donors (Lipinski definition) is 1. The maximum Gasteiger partial charge on any atom is 0.273 e. The van der Waals surface area contributed by atoms with Crippen LogP contribution in [0, 0.1) is 0 Å². The predicted molar refractivity (Wildman–Crippen MR) is 112 cm³/mol. The smallest absolute Gasteiger partial charge is 0.273 e. The zero-order valence-electron chi connectivity index (χ0n) is 16.1. The van der Waals surface area contributed by atoms with Crippen molar-refractivity contribution in [3.05, 3.63) is 51.8 Å². The Hall–Kier alpha value is -1.56. The largest absolute Gasteiger partial charge is 0.348 e. The highest BCUT2D eigenvalue weighted by atomic mass is 35.5. The quantitative estimate of drug-likeness (QED) is 0.793. The first-order chi connectivity index (χ1) is 13.4. The summed E-state index contributed by atoms with van der Waals surface area (Å²) in [5.74, 6) is -0.180. The van der Waals surface area contributed by atoms with Crippen LogP contribution in [-0.4, -0.2) is 46.3 Å². The average Bonchev–Trinajstić information content (AvgIpc) is 2.99. The lowest BCUT2D eigenvalue weighted by Gasteiger charge is -2.47. The Labute approximate surface area is 176 Å². The molecule has 28 heavy (non-hydrogen) atoms. The van der Waals surface area contributed by atoms with Gasteiger partial charge in [0, 0.05) is 49.4 Å². The standard InChI is InChI=1S/C21H26Cl2N4O/c1-26-13-18(23)19(25-26)20(28)24-17-7-11-27(12-8-17)14-21(9-2-10-21)15-3-5-16(22)6-4-15/h3-6,13,17H,2,7-12,14H2,1H3,(H,24,28). The van der Waals surface area contributed by atoms with Gasteiger partial charge in [-0.05, 0) is 43.4 Å². The molecule has 2 heterocycles. The maximum absolute atomic E-state index is 12.4. The van der Waals surface area contributed by atoms with Gasteiger partial charge in [-0.25, -0.2) is 0 Å². The van der Waals surface area contributed by atoms with Gasteiger partial charge < -0.3 is 10.2 Å². The van der Waals surface area contributed by atoms with Gasteiger partial charge in [0.2, 0.25) is 0 Å². The monoisotopic (exact) mass is 420 g/mol. The van der Waals surface area contributed by atoms with E-state index < -0.39 is 0 Å². The molecule has 0 spiro atoms. The highest BCUT2D eigenvalue weighted by Crippen LogP contribution is 2.44. The molecule has 1 aliphatic heterocycles. The molecule has 4 rings (SSSR count). The molecule has 0 bridgehead atoms. The molecule has 0 atom stereocenters. The van der Waals surface area contributed by atoms with Crippen molar-refractivity contribution in [2.24, 2.45) is 7.05 Å². The molecule has 2 fully saturated rings. The molecule has 1 saturated carbocycles. The van der Waals surface area contributed by atoms with Crippen LogP contribution in [-0.2, 0) is 12.5 Å². The molecule has 2 aromatic rings. The number of rotatable bonds is 5. The molecule has 1 aromatic heterocycles. The third kappa shape index (κ3) is 4.07. The Bertz CT molecular complexity index is 837. The lowest BCUT2D eigenvalue weighted by molar-refractivity contribution is 0.0865. The van der Waals surface area contributed by atoms with Crippen molar-refractivity contribution in [1.29, 1.82) is 0 Å². The summed E-state index contributed by atoms with van der Waals surface area (Å²) < 4.78 is 1.56. The SMILES string of the molecule is Cn1cc(Cl)c(C(=O)NC2CCN(CC3(c4ccc(Cl)cc4)CCC3)CC2)n1. The molecule has 150 valence electrons. The number of piperidine rings is 1. The highest BCUT2D eigenvalue weighted by Gasteiger charge is 2.40. The van der Waals surface area contributed by atoms with Crippen LogP contribution in [0.2, 0.25) is 10.0 Å². The molecule has 0 radical (unpaired) electrons. The van der Waals surface area contributed by atoms with E-state index in [0.29, 0.717) is 10.7 Å². The van der Waals surface area contributed by atoms with Crippen molar-refractivity contribution in [2.75, 3.05) is 19.6 Å². The number of hydrogen-bond acceptors (Lipinski definition) is 3. The fraction of sp³-hybridized carbons (Fsp3) is 0.524. The van der Waals surface area contributed by atoms with Crippen LogP contribution in [0.4, 0.5) is 0 Å². The second kappa shape index (κ2) is 8.05. The van der Waals surface area contributed by atoms with Crippen molar-refractivity contribution in [1.82, 2.24) is 20.0 Å². The number of aryl methyl sites for hydroxylation is 1. The summed E-state index contributed by atoms with van der Waals surface area (Å²) in [5.41, 5.74) is 1.98. The highest BCUT2D eigenvalue weighted by molar-refractivity contribution is 6.33. The van der Waals surface area contributed by atoms with Gasteiger partial charge in [0.05, 0.1) is 5.02 Å². The Balaban J connectivity index is 1.32. The summed E-state index contributed by atoms with van der Waals surface area (Å²) >= 11 is 12.2. The van der Waals surface area contributed by atoms with Gasteiger partial charge in [-0.1, -0.05) is 41.8 Å². The van der Waals surface area contributed by atoms with Crippen LogP contribution in [0.25, 0.3) is 0 Å². The number of aromatic nitrogens is 2. The Morgan fingerprint density at radius 3 is 2.43 bits per heavy atom. The van der Waals surface area contributed by atoms with Gasteiger partial charge in [-0.3, -0.25) is 9.48 Å². The second-order valence-electron chi connectivity index (χ2n) is 8.16. The van der Waals surface area contributed by atoms with Crippen LogP contribution >= 0.6 is 23.2 Å². The minimum atomic E-state index is -0.180. The van der Waals surface area contributed by atoms with Crippen LogP contribution in [0.3, 0.4) is 0 Å². The second-order valence-corrected chi connectivity index (χ2v) is 9.01. The number of carbonyl (C=O) groups is 1. The van der Waals surface area contributed by atoms with Crippen molar-refractivity contribution >= 4 is 29.1 Å². The first-order valence-electron chi connectivity index (χ1n) is 9.94. The number of amides is 1. The summed E-state index contributed by atoms with van der Waals surface area (Å²) in [6, 6.07) is 8.55. The Morgan fingerprint density at radius 2 is 1.89 bits per heavy atom. The fourth-order valence-corrected chi connectivity index (χ4v) is 4.87. The van der Waals surface area contributed by atoms with Crippen LogP contribution in [0.15, 0.2) is 30.5 Å². The van der Waals surface area contributed by atoms with Crippen molar-refractivity contribution < 1.29 is 4.79 Å². The minimum Gasteiger partial charge on any atom is -0.348 e. The number of nitrogens with zero attached hydrogens (tertiary/aromatic N) is 3. The van der Waals surface area contributed by atoms with Gasteiger partial charge in [0.1, 0.15) is 0 Å². The van der Waals surface area contributed by atoms with Crippen molar-refractivity contribution in [3.63, 3.8) is 0 Å². The van der Waals surface area contributed by atoms with E-state index in [0.717, 1.165) is 37.5 Å². The Morgan fingerprint density at radius 1 is 1.21 bits per heavy atom. The van der Waals surface area contributed by atoms with E-state index in [-0.39, 0.29) is 17.4 Å². The molecule has 2 aliphatic rings. The van der Waals surface area contributed by atoms with Crippen LogP contribution in [0.5, 0.6) is 0 Å². The summed E-state index contributed by atoms with van der Waals surface area (Å²) in [4.78, 5) is 15.0. The zero-order valence-corrected chi connectivity index (χ0v) is 17.6. The van der Waals surface area contributed by atoms with Crippen LogP contribution < -0.4 is 5.32 Å². The number of benzene rings is 1. The molecule has 1 aromatic carbocycles. The maximum atomic E-state index is 12.4. The number of nitrogens with one attached hydrogen (secondary N) is 1. The summed E-state index contributed by atoms with van der Waals surface area (Å²) in [7, 11) is 1.76. The first-order valence-corrected chi connectivity index (χ1v) is 10.7. The van der Waals surface area contributed by atoms with Crippen molar-refractivity contribution in [3.8, 4) is 0 Å². The molecule has 1 amide bonds. The van der Waals surface area contributed by atoms with Gasteiger partial charge in [-0.15, -0.1) is 0 Å². The molecule has 0 unspecified atom stereocenters. The van der Waals surface area contributed by atoms with E-state index in [1.165, 1.54) is 24.8 Å². The van der Waals surface area contributed by atoms with E-state index in [1.54, 1.807) is 17.9 Å². The average molecular weight is 421 g/mol. The van der Waals surface area contributed by atoms with E-state index in [4.69, 9.17) is 23.2 Å². The summed E-state index contributed by atoms with van der Waals surface area (Å²) in [6.45, 7) is 3.08. The van der Waals surface area contributed by atoms with Gasteiger partial charge >= 0.3 is 0 Å². The fourth-order valence-electron chi connectivity index (χ4n) is 4.48. The predicted octanol–water partition coefficient (Wildman–Crippen LogP) is 4.04. The number of halogens is 2.